The van der Waals surface area contributed by atoms with Gasteiger partial charge in [-0.2, -0.15) is 0 Å². The van der Waals surface area contributed by atoms with Gasteiger partial charge in [0.2, 0.25) is 11.8 Å². The Hall–Kier alpha value is -5.33. The molecule has 0 aromatic carbocycles. The van der Waals surface area contributed by atoms with E-state index in [1.807, 2.05) is 5.32 Å². The van der Waals surface area contributed by atoms with Gasteiger partial charge in [0, 0.05) is 32.3 Å². The van der Waals surface area contributed by atoms with Crippen molar-refractivity contribution in [1.82, 2.24) is 31.2 Å². The van der Waals surface area contributed by atoms with Crippen molar-refractivity contribution in [3.05, 3.63) is 30.1 Å². The van der Waals surface area contributed by atoms with E-state index in [4.69, 9.17) is 10.2 Å². The van der Waals surface area contributed by atoms with Crippen LogP contribution in [0.1, 0.15) is 44.2 Å². The highest BCUT2D eigenvalue weighted by molar-refractivity contribution is 5.98. The van der Waals surface area contributed by atoms with Gasteiger partial charge >= 0.3 is 35.9 Å². The minimum Gasteiger partial charge on any atom is -0.481 e. The standard InChI is InChI=1S/C26H36N6O13/c33-19(11-20(34)29-18(25(43)44)13-32(14-22(37)38)12-15-5-1-3-9-27-15)28-10-4-2-6-16(23(39)40)30-26(45)31-17(24(41)42)7-8-21(35)36/h1,3,5,9,16-18H,2,4,6-8,10-14H2,(H,28,33)(H,29,34)(H,35,36)(H,37,38)(H,39,40)(H,41,42)(H,43,44)(H2,30,31,45)/t16-,17-,18-/m0/s1. The van der Waals surface area contributed by atoms with E-state index in [2.05, 4.69) is 20.9 Å². The van der Waals surface area contributed by atoms with Gasteiger partial charge in [-0.15, -0.1) is 0 Å². The third kappa shape index (κ3) is 16.8. The molecule has 0 fully saturated rings. The van der Waals surface area contributed by atoms with E-state index < -0.39 is 91.6 Å². The van der Waals surface area contributed by atoms with Crippen LogP contribution in [0, 0.1) is 0 Å². The number of carboxylic acids is 5. The fourth-order valence-corrected chi connectivity index (χ4v) is 3.84. The van der Waals surface area contributed by atoms with Crippen LogP contribution in [0.2, 0.25) is 0 Å². The molecule has 0 saturated carbocycles. The molecule has 0 aliphatic heterocycles. The lowest BCUT2D eigenvalue weighted by Crippen LogP contribution is -2.51. The molecule has 0 bridgehead atoms. The molecule has 0 unspecified atom stereocenters. The lowest BCUT2D eigenvalue weighted by atomic mass is 10.1. The second kappa shape index (κ2) is 19.8. The summed E-state index contributed by atoms with van der Waals surface area (Å²) in [7, 11) is 0. The molecule has 3 atom stereocenters. The average molecular weight is 641 g/mol. The fourth-order valence-electron chi connectivity index (χ4n) is 3.84. The van der Waals surface area contributed by atoms with Crippen LogP contribution in [0.3, 0.4) is 0 Å². The summed E-state index contributed by atoms with van der Waals surface area (Å²) >= 11 is 0. The average Bonchev–Trinajstić information content (AvgIpc) is 2.93. The van der Waals surface area contributed by atoms with Crippen LogP contribution in [0.5, 0.6) is 0 Å². The quantitative estimate of drug-likeness (QED) is 0.0503. The Morgan fingerprint density at radius 3 is 1.89 bits per heavy atom. The third-order valence-corrected chi connectivity index (χ3v) is 5.96. The zero-order chi connectivity index (χ0) is 33.9. The number of nitrogens with zero attached hydrogens (tertiary/aromatic N) is 2. The van der Waals surface area contributed by atoms with Gasteiger partial charge in [0.25, 0.3) is 0 Å². The number of carboxylic acid groups (broad SMARTS) is 5. The Labute approximate surface area is 256 Å². The number of nitrogens with one attached hydrogen (secondary N) is 4. The highest BCUT2D eigenvalue weighted by Gasteiger charge is 2.26. The highest BCUT2D eigenvalue weighted by Crippen LogP contribution is 2.05. The van der Waals surface area contributed by atoms with Gasteiger partial charge in [0.15, 0.2) is 0 Å². The maximum Gasteiger partial charge on any atom is 0.327 e. The zero-order valence-corrected chi connectivity index (χ0v) is 24.0. The number of hydrogen-bond donors (Lipinski definition) is 9. The van der Waals surface area contributed by atoms with Crippen LogP contribution in [0.4, 0.5) is 4.79 Å². The van der Waals surface area contributed by atoms with Crippen molar-refractivity contribution in [2.24, 2.45) is 0 Å². The largest absolute Gasteiger partial charge is 0.481 e. The lowest BCUT2D eigenvalue weighted by molar-refractivity contribution is -0.144. The molecule has 0 saturated heterocycles. The molecule has 1 rings (SSSR count). The molecular weight excluding hydrogens is 604 g/mol. The first-order valence-electron chi connectivity index (χ1n) is 13.5. The summed E-state index contributed by atoms with van der Waals surface area (Å²) in [5.74, 6) is -8.57. The Morgan fingerprint density at radius 2 is 1.36 bits per heavy atom. The number of carbonyl (C=O) groups excluding carboxylic acids is 3. The van der Waals surface area contributed by atoms with Gasteiger partial charge in [-0.3, -0.25) is 29.1 Å². The van der Waals surface area contributed by atoms with Crippen LogP contribution in [0.15, 0.2) is 24.4 Å². The van der Waals surface area contributed by atoms with Crippen LogP contribution in [-0.2, 0) is 40.1 Å². The van der Waals surface area contributed by atoms with Crippen LogP contribution in [0.25, 0.3) is 0 Å². The first-order valence-corrected chi connectivity index (χ1v) is 13.5. The number of unbranched alkanes of at least 4 members (excludes halogenated alkanes) is 1. The summed E-state index contributed by atoms with van der Waals surface area (Å²) in [6, 6.07) is -0.695. The van der Waals surface area contributed by atoms with E-state index in [0.29, 0.717) is 5.69 Å². The molecular formula is C26H36N6O13. The van der Waals surface area contributed by atoms with Crippen molar-refractivity contribution in [1.29, 1.82) is 0 Å². The van der Waals surface area contributed by atoms with E-state index >= 15 is 0 Å². The van der Waals surface area contributed by atoms with E-state index in [1.165, 1.54) is 11.1 Å². The maximum atomic E-state index is 12.3. The normalized spacial score (nSPS) is 12.6. The molecule has 1 aromatic rings. The molecule has 45 heavy (non-hydrogen) atoms. The minimum absolute atomic E-state index is 0.000248. The van der Waals surface area contributed by atoms with Gasteiger partial charge in [-0.05, 0) is 37.8 Å². The van der Waals surface area contributed by atoms with Gasteiger partial charge in [-0.25, -0.2) is 19.2 Å². The zero-order valence-electron chi connectivity index (χ0n) is 24.0. The van der Waals surface area contributed by atoms with Gasteiger partial charge in [-0.1, -0.05) is 6.07 Å². The molecule has 1 aromatic heterocycles. The summed E-state index contributed by atoms with van der Waals surface area (Å²) in [6.45, 7) is -0.928. The van der Waals surface area contributed by atoms with Crippen molar-refractivity contribution in [3.8, 4) is 0 Å². The maximum absolute atomic E-state index is 12.3. The number of amides is 4. The molecule has 0 aliphatic carbocycles. The Morgan fingerprint density at radius 1 is 0.733 bits per heavy atom. The van der Waals surface area contributed by atoms with Gasteiger partial charge < -0.3 is 46.8 Å². The van der Waals surface area contributed by atoms with E-state index in [-0.39, 0.29) is 38.9 Å². The molecule has 19 heteroatoms. The van der Waals surface area contributed by atoms with Crippen LogP contribution >= 0.6 is 0 Å². The third-order valence-electron chi connectivity index (χ3n) is 5.96. The van der Waals surface area contributed by atoms with Crippen molar-refractivity contribution >= 4 is 47.7 Å². The summed E-state index contributed by atoms with van der Waals surface area (Å²) in [5, 5.41) is 54.5. The number of hydrogen-bond acceptors (Lipinski definition) is 10. The molecule has 0 spiro atoms. The predicted octanol–water partition coefficient (Wildman–Crippen LogP) is -1.72. The molecule has 9 N–H and O–H groups in total. The first kappa shape index (κ1) is 37.7. The first-order chi connectivity index (χ1) is 21.2. The predicted molar refractivity (Wildman–Crippen MR) is 150 cm³/mol. The second-order valence-electron chi connectivity index (χ2n) is 9.70. The smallest absolute Gasteiger partial charge is 0.327 e. The summed E-state index contributed by atoms with van der Waals surface area (Å²) in [5.41, 5.74) is 0.474. The SMILES string of the molecule is O=C(O)CC[C@H](NC(=O)N[C@@H](CCCCNC(=O)CC(=O)N[C@@H](CN(CC(=O)O)Cc1ccccn1)C(=O)O)C(=O)O)C(=O)O. The van der Waals surface area contributed by atoms with Crippen molar-refractivity contribution in [2.45, 2.75) is 63.2 Å². The number of aliphatic carboxylic acids is 5. The van der Waals surface area contributed by atoms with Gasteiger partial charge in [0.1, 0.15) is 24.5 Å². The van der Waals surface area contributed by atoms with Crippen molar-refractivity contribution in [2.75, 3.05) is 19.6 Å². The Bertz CT molecular complexity index is 1210. The number of carbonyl (C=O) groups is 8. The van der Waals surface area contributed by atoms with Crippen molar-refractivity contribution in [3.63, 3.8) is 0 Å². The lowest BCUT2D eigenvalue weighted by Gasteiger charge is -2.24. The number of pyridine rings is 1. The Balaban J connectivity index is 2.51. The second-order valence-corrected chi connectivity index (χ2v) is 9.70. The van der Waals surface area contributed by atoms with E-state index in [9.17, 15) is 53.7 Å². The summed E-state index contributed by atoms with van der Waals surface area (Å²) in [6.07, 6.45) is 0.0579. The Kier molecular flexibility index (Phi) is 16.6. The fraction of sp³-hybridized carbons (Fsp3) is 0.500. The number of rotatable bonds is 22. The summed E-state index contributed by atoms with van der Waals surface area (Å²) < 4.78 is 0. The summed E-state index contributed by atoms with van der Waals surface area (Å²) in [4.78, 5) is 98.1. The molecule has 0 aliphatic rings. The molecule has 4 amide bonds. The van der Waals surface area contributed by atoms with Crippen LogP contribution < -0.4 is 21.3 Å². The van der Waals surface area contributed by atoms with Gasteiger partial charge in [0.05, 0.1) is 12.2 Å². The monoisotopic (exact) mass is 640 g/mol. The van der Waals surface area contributed by atoms with E-state index in [0.717, 1.165) is 0 Å². The molecule has 0 radical (unpaired) electrons. The number of aromatic nitrogens is 1. The molecule has 1 heterocycles. The molecule has 19 nitrogen and oxygen atoms in total. The minimum atomic E-state index is -1.55. The number of urea groups is 1. The van der Waals surface area contributed by atoms with Crippen molar-refractivity contribution < 1.29 is 63.9 Å². The van der Waals surface area contributed by atoms with E-state index in [1.54, 1.807) is 18.2 Å². The highest BCUT2D eigenvalue weighted by atomic mass is 16.4. The molecule has 248 valence electrons. The topological polar surface area (TPSA) is 302 Å². The van der Waals surface area contributed by atoms with Crippen LogP contribution in [-0.4, -0.2) is 121 Å².